The first-order chi connectivity index (χ1) is 7.04. The highest BCUT2D eigenvalue weighted by Crippen LogP contribution is 2.33. The van der Waals surface area contributed by atoms with Gasteiger partial charge in [0.15, 0.2) is 0 Å². The molecule has 0 atom stereocenters. The molecule has 2 aromatic rings. The highest BCUT2D eigenvalue weighted by molar-refractivity contribution is 6.32. The summed E-state index contributed by atoms with van der Waals surface area (Å²) in [7, 11) is 0. The second kappa shape index (κ2) is 3.53. The van der Waals surface area contributed by atoms with Gasteiger partial charge in [-0.2, -0.15) is 0 Å². The van der Waals surface area contributed by atoms with Gasteiger partial charge in [0.25, 0.3) is 0 Å². The smallest absolute Gasteiger partial charge is 0.132 e. The molecular formula is C12H13ClFN. The number of rotatable bonds is 1. The molecule has 0 spiro atoms. The van der Waals surface area contributed by atoms with Crippen molar-refractivity contribution in [1.29, 1.82) is 0 Å². The highest BCUT2D eigenvalue weighted by atomic mass is 35.5. The molecule has 0 amide bonds. The van der Waals surface area contributed by atoms with E-state index in [9.17, 15) is 4.39 Å². The Morgan fingerprint density at radius 3 is 2.60 bits per heavy atom. The molecule has 2 rings (SSSR count). The molecule has 0 radical (unpaired) electrons. The Bertz CT molecular complexity index is 514. The largest absolute Gasteiger partial charge is 0.329 e. The molecule has 0 saturated heterocycles. The third-order valence-corrected chi connectivity index (χ3v) is 3.13. The molecule has 0 N–H and O–H groups in total. The van der Waals surface area contributed by atoms with Crippen LogP contribution < -0.4 is 0 Å². The molecule has 0 aliphatic heterocycles. The maximum absolute atomic E-state index is 13.6. The quantitative estimate of drug-likeness (QED) is 0.681. The average molecular weight is 226 g/mol. The van der Waals surface area contributed by atoms with Crippen LogP contribution in [0.2, 0.25) is 5.15 Å². The van der Waals surface area contributed by atoms with Gasteiger partial charge in [-0.15, -0.1) is 0 Å². The van der Waals surface area contributed by atoms with Crippen molar-refractivity contribution in [2.45, 2.75) is 26.8 Å². The Kier molecular flexibility index (Phi) is 2.47. The number of hydrogen-bond acceptors (Lipinski definition) is 0. The third kappa shape index (κ3) is 1.44. The number of aryl methyl sites for hydroxylation is 1. The van der Waals surface area contributed by atoms with Gasteiger partial charge in [0, 0.05) is 11.4 Å². The molecule has 0 fully saturated rings. The second-order valence-corrected chi connectivity index (χ2v) is 4.37. The van der Waals surface area contributed by atoms with Crippen LogP contribution in [0.3, 0.4) is 0 Å². The van der Waals surface area contributed by atoms with Crippen LogP contribution in [0, 0.1) is 12.7 Å². The van der Waals surface area contributed by atoms with Gasteiger partial charge in [-0.1, -0.05) is 17.7 Å². The van der Waals surface area contributed by atoms with Gasteiger partial charge < -0.3 is 4.57 Å². The summed E-state index contributed by atoms with van der Waals surface area (Å²) in [6.07, 6.45) is 0. The number of nitrogens with zero attached hydrogens (tertiary/aromatic N) is 1. The van der Waals surface area contributed by atoms with Gasteiger partial charge in [-0.25, -0.2) is 4.39 Å². The van der Waals surface area contributed by atoms with E-state index >= 15 is 0 Å². The van der Waals surface area contributed by atoms with Gasteiger partial charge in [-0.05, 0) is 38.5 Å². The molecule has 1 aromatic carbocycles. The molecule has 80 valence electrons. The molecule has 0 aliphatic rings. The van der Waals surface area contributed by atoms with Crippen LogP contribution in [0.5, 0.6) is 0 Å². The third-order valence-electron chi connectivity index (χ3n) is 2.66. The zero-order chi connectivity index (χ0) is 11.2. The Hall–Kier alpha value is -1.02. The van der Waals surface area contributed by atoms with E-state index in [1.54, 1.807) is 6.07 Å². The predicted octanol–water partition coefficient (Wildman–Crippen LogP) is 4.32. The first-order valence-electron chi connectivity index (χ1n) is 4.98. The summed E-state index contributed by atoms with van der Waals surface area (Å²) < 4.78 is 15.6. The fraction of sp³-hybridized carbons (Fsp3) is 0.333. The van der Waals surface area contributed by atoms with E-state index in [2.05, 4.69) is 0 Å². The number of halogens is 2. The van der Waals surface area contributed by atoms with Crippen LogP contribution in [-0.4, -0.2) is 4.57 Å². The number of benzene rings is 1. The van der Waals surface area contributed by atoms with Crippen molar-refractivity contribution >= 4 is 22.5 Å². The number of fused-ring (bicyclic) bond motifs is 1. The van der Waals surface area contributed by atoms with E-state index in [0.717, 1.165) is 11.1 Å². The SMILES string of the molecule is Cc1c(Cl)n(C(C)C)c2cccc(F)c12. The monoisotopic (exact) mass is 225 g/mol. The van der Waals surface area contributed by atoms with Crippen molar-refractivity contribution in [2.24, 2.45) is 0 Å². The predicted molar refractivity (Wildman–Crippen MR) is 62.0 cm³/mol. The van der Waals surface area contributed by atoms with Crippen LogP contribution in [0.25, 0.3) is 10.9 Å². The lowest BCUT2D eigenvalue weighted by atomic mass is 10.2. The summed E-state index contributed by atoms with van der Waals surface area (Å²) in [6, 6.07) is 5.32. The fourth-order valence-corrected chi connectivity index (χ4v) is 2.36. The van der Waals surface area contributed by atoms with Crippen molar-refractivity contribution in [3.05, 3.63) is 34.7 Å². The van der Waals surface area contributed by atoms with Crippen molar-refractivity contribution in [3.8, 4) is 0 Å². The fourth-order valence-electron chi connectivity index (χ4n) is 1.98. The lowest BCUT2D eigenvalue weighted by Crippen LogP contribution is -2.00. The molecule has 1 nitrogen and oxygen atoms in total. The van der Waals surface area contributed by atoms with Crippen molar-refractivity contribution in [2.75, 3.05) is 0 Å². The average Bonchev–Trinajstić information content (AvgIpc) is 2.41. The van der Waals surface area contributed by atoms with Gasteiger partial charge in [-0.3, -0.25) is 0 Å². The summed E-state index contributed by atoms with van der Waals surface area (Å²) in [5, 5.41) is 1.27. The van der Waals surface area contributed by atoms with E-state index < -0.39 is 0 Å². The van der Waals surface area contributed by atoms with E-state index in [-0.39, 0.29) is 11.9 Å². The first kappa shape index (κ1) is 10.5. The Morgan fingerprint density at radius 1 is 1.33 bits per heavy atom. The summed E-state index contributed by atoms with van der Waals surface area (Å²) in [4.78, 5) is 0. The van der Waals surface area contributed by atoms with Crippen LogP contribution in [-0.2, 0) is 0 Å². The lowest BCUT2D eigenvalue weighted by Gasteiger charge is -2.10. The summed E-state index contributed by atoms with van der Waals surface area (Å²) in [5.74, 6) is -0.202. The molecule has 15 heavy (non-hydrogen) atoms. The number of aromatic nitrogens is 1. The van der Waals surface area contributed by atoms with Crippen LogP contribution in [0.1, 0.15) is 25.5 Å². The van der Waals surface area contributed by atoms with Crippen molar-refractivity contribution in [1.82, 2.24) is 4.57 Å². The molecule has 0 unspecified atom stereocenters. The van der Waals surface area contributed by atoms with Gasteiger partial charge in [0.1, 0.15) is 11.0 Å². The molecule has 0 saturated carbocycles. The molecule has 0 bridgehead atoms. The van der Waals surface area contributed by atoms with Crippen LogP contribution in [0.15, 0.2) is 18.2 Å². The standard InChI is InChI=1S/C12H13ClFN/c1-7(2)15-10-6-4-5-9(14)11(10)8(3)12(15)13/h4-7H,1-3H3. The highest BCUT2D eigenvalue weighted by Gasteiger charge is 2.16. The maximum atomic E-state index is 13.6. The lowest BCUT2D eigenvalue weighted by molar-refractivity contribution is 0.620. The second-order valence-electron chi connectivity index (χ2n) is 4.01. The Labute approximate surface area is 93.5 Å². The van der Waals surface area contributed by atoms with Crippen LogP contribution in [0.4, 0.5) is 4.39 Å². The molecule has 1 heterocycles. The molecular weight excluding hydrogens is 213 g/mol. The molecule has 0 aliphatic carbocycles. The van der Waals surface area contributed by atoms with E-state index in [0.29, 0.717) is 10.5 Å². The van der Waals surface area contributed by atoms with E-state index in [1.165, 1.54) is 6.07 Å². The van der Waals surface area contributed by atoms with Gasteiger partial charge in [0.05, 0.1) is 5.52 Å². The first-order valence-corrected chi connectivity index (χ1v) is 5.36. The minimum absolute atomic E-state index is 0.202. The van der Waals surface area contributed by atoms with Gasteiger partial charge >= 0.3 is 0 Å². The maximum Gasteiger partial charge on any atom is 0.132 e. The summed E-state index contributed by atoms with van der Waals surface area (Å²) in [6.45, 7) is 5.93. The van der Waals surface area contributed by atoms with Crippen molar-refractivity contribution in [3.63, 3.8) is 0 Å². The van der Waals surface area contributed by atoms with E-state index in [1.807, 2.05) is 31.4 Å². The minimum Gasteiger partial charge on any atom is -0.329 e. The molecule has 1 aromatic heterocycles. The minimum atomic E-state index is -0.202. The normalized spacial score (nSPS) is 11.6. The molecule has 3 heteroatoms. The van der Waals surface area contributed by atoms with E-state index in [4.69, 9.17) is 11.6 Å². The van der Waals surface area contributed by atoms with Crippen LogP contribution >= 0.6 is 11.6 Å². The summed E-state index contributed by atoms with van der Waals surface area (Å²) in [5.41, 5.74) is 1.69. The zero-order valence-corrected chi connectivity index (χ0v) is 9.77. The van der Waals surface area contributed by atoms with Crippen molar-refractivity contribution < 1.29 is 4.39 Å². The topological polar surface area (TPSA) is 4.93 Å². The Morgan fingerprint density at radius 2 is 2.00 bits per heavy atom. The summed E-state index contributed by atoms with van der Waals surface area (Å²) >= 11 is 6.20. The zero-order valence-electron chi connectivity index (χ0n) is 9.01. The Balaban J connectivity index is 2.94. The number of hydrogen-bond donors (Lipinski definition) is 0. The van der Waals surface area contributed by atoms with Gasteiger partial charge in [0.2, 0.25) is 0 Å².